The molecule has 1 aromatic rings. The molecule has 168 valence electrons. The average Bonchev–Trinajstić information content (AvgIpc) is 3.21. The first-order valence-corrected chi connectivity index (χ1v) is 10.5. The number of rotatable bonds is 12. The summed E-state index contributed by atoms with van der Waals surface area (Å²) in [5.74, 6) is -3.52. The molecule has 0 bridgehead atoms. The Kier molecular flexibility index (Phi) is 10.7. The van der Waals surface area contributed by atoms with Crippen LogP contribution in [0.15, 0.2) is 12.5 Å². The maximum Gasteiger partial charge on any atom is 0.327 e. The van der Waals surface area contributed by atoms with Crippen molar-refractivity contribution >= 4 is 48.9 Å². The van der Waals surface area contributed by atoms with Crippen LogP contribution in [-0.2, 0) is 25.6 Å². The van der Waals surface area contributed by atoms with Crippen molar-refractivity contribution in [1.29, 1.82) is 0 Å². The summed E-state index contributed by atoms with van der Waals surface area (Å²) in [6.07, 6.45) is 3.01. The van der Waals surface area contributed by atoms with Crippen LogP contribution in [0.3, 0.4) is 0 Å². The lowest BCUT2D eigenvalue weighted by Crippen LogP contribution is -2.58. The van der Waals surface area contributed by atoms with Crippen molar-refractivity contribution in [3.63, 3.8) is 0 Å². The van der Waals surface area contributed by atoms with Gasteiger partial charge in [-0.15, -0.1) is 0 Å². The van der Waals surface area contributed by atoms with Gasteiger partial charge in [0.1, 0.15) is 18.1 Å². The molecule has 7 N–H and O–H groups in total. The molecule has 4 atom stereocenters. The molecule has 0 spiro atoms. The Labute approximate surface area is 185 Å². The summed E-state index contributed by atoms with van der Waals surface area (Å²) in [6, 6.07) is -4.21. The Hall–Kier alpha value is -2.25. The molecule has 0 saturated carbocycles. The molecule has 30 heavy (non-hydrogen) atoms. The molecular formula is C17H28N6O5S2. The van der Waals surface area contributed by atoms with E-state index in [9.17, 15) is 19.2 Å². The summed E-state index contributed by atoms with van der Waals surface area (Å²) in [5, 5.41) is 16.4. The number of nitrogens with one attached hydrogen (secondary N) is 4. The minimum atomic E-state index is -1.25. The molecule has 1 rings (SSSR count). The topological polar surface area (TPSA) is 179 Å². The Morgan fingerprint density at radius 3 is 2.03 bits per heavy atom. The first-order valence-electron chi connectivity index (χ1n) is 9.19. The van der Waals surface area contributed by atoms with E-state index in [4.69, 9.17) is 10.8 Å². The number of amides is 3. The predicted octanol–water partition coefficient (Wildman–Crippen LogP) is -1.67. The number of hydrogen-bond acceptors (Lipinski definition) is 8. The van der Waals surface area contributed by atoms with Crippen molar-refractivity contribution in [2.24, 2.45) is 11.7 Å². The second-order valence-corrected chi connectivity index (χ2v) is 7.67. The van der Waals surface area contributed by atoms with Crippen LogP contribution in [0.5, 0.6) is 0 Å². The minimum absolute atomic E-state index is 0.0810. The van der Waals surface area contributed by atoms with E-state index < -0.39 is 47.9 Å². The molecule has 0 aliphatic heterocycles. The van der Waals surface area contributed by atoms with Gasteiger partial charge in [0.2, 0.25) is 17.7 Å². The fourth-order valence-corrected chi connectivity index (χ4v) is 2.82. The SMILES string of the molecule is CC(C)C(N)C(=O)NC(Cc1cnc[nH]1)C(=O)NC(CS)C(=O)NC(CS)C(=O)O. The highest BCUT2D eigenvalue weighted by molar-refractivity contribution is 7.80. The van der Waals surface area contributed by atoms with Gasteiger partial charge in [-0.3, -0.25) is 14.4 Å². The standard InChI is InChI=1S/C17H28N6O5S2/c1-8(2)13(18)16(26)21-10(3-9-4-19-7-20-9)14(24)22-11(5-29)15(25)23-12(6-30)17(27)28/h4,7-8,10-13,29-30H,3,5-6,18H2,1-2H3,(H,19,20)(H,21,26)(H,22,24)(H,23,25)(H,27,28). The molecule has 13 heteroatoms. The fraction of sp³-hybridized carbons (Fsp3) is 0.588. The van der Waals surface area contributed by atoms with E-state index in [0.29, 0.717) is 5.69 Å². The van der Waals surface area contributed by atoms with Gasteiger partial charge in [0.25, 0.3) is 0 Å². The van der Waals surface area contributed by atoms with Crippen LogP contribution in [0, 0.1) is 5.92 Å². The highest BCUT2D eigenvalue weighted by Gasteiger charge is 2.30. The van der Waals surface area contributed by atoms with Crippen molar-refractivity contribution in [3.05, 3.63) is 18.2 Å². The number of aromatic nitrogens is 2. The lowest BCUT2D eigenvalue weighted by atomic mass is 10.0. The molecular weight excluding hydrogens is 432 g/mol. The number of carboxylic acids is 1. The van der Waals surface area contributed by atoms with E-state index >= 15 is 0 Å². The zero-order valence-corrected chi connectivity index (χ0v) is 18.5. The number of thiol groups is 2. The van der Waals surface area contributed by atoms with Crippen LogP contribution in [0.1, 0.15) is 19.5 Å². The Balaban J connectivity index is 2.91. The Bertz CT molecular complexity index is 730. The number of nitrogens with two attached hydrogens (primary N) is 1. The van der Waals surface area contributed by atoms with Crippen molar-refractivity contribution in [2.75, 3.05) is 11.5 Å². The van der Waals surface area contributed by atoms with Crippen molar-refractivity contribution in [1.82, 2.24) is 25.9 Å². The third-order valence-corrected chi connectivity index (χ3v) is 4.98. The molecule has 4 unspecified atom stereocenters. The summed E-state index contributed by atoms with van der Waals surface area (Å²) in [4.78, 5) is 55.3. The smallest absolute Gasteiger partial charge is 0.327 e. The normalized spacial score (nSPS) is 15.0. The van der Waals surface area contributed by atoms with Crippen LogP contribution in [0.4, 0.5) is 0 Å². The van der Waals surface area contributed by atoms with Crippen molar-refractivity contribution < 1.29 is 24.3 Å². The van der Waals surface area contributed by atoms with Gasteiger partial charge in [0.15, 0.2) is 0 Å². The molecule has 11 nitrogen and oxygen atoms in total. The van der Waals surface area contributed by atoms with E-state index in [1.165, 1.54) is 12.5 Å². The van der Waals surface area contributed by atoms with Gasteiger partial charge in [-0.05, 0) is 5.92 Å². The van der Waals surface area contributed by atoms with E-state index in [-0.39, 0.29) is 23.8 Å². The molecule has 1 heterocycles. The van der Waals surface area contributed by atoms with E-state index in [2.05, 4.69) is 51.2 Å². The first kappa shape index (κ1) is 25.8. The first-order chi connectivity index (χ1) is 14.1. The molecule has 0 fully saturated rings. The number of carbonyl (C=O) groups is 4. The van der Waals surface area contributed by atoms with E-state index in [0.717, 1.165) is 0 Å². The van der Waals surface area contributed by atoms with Gasteiger partial charge < -0.3 is 31.8 Å². The van der Waals surface area contributed by atoms with Crippen LogP contribution in [-0.4, -0.2) is 74.4 Å². The maximum absolute atomic E-state index is 12.8. The number of aliphatic carboxylic acids is 1. The van der Waals surface area contributed by atoms with Gasteiger partial charge in [-0.1, -0.05) is 13.8 Å². The van der Waals surface area contributed by atoms with E-state index in [1.54, 1.807) is 13.8 Å². The zero-order chi connectivity index (χ0) is 22.8. The number of H-pyrrole nitrogens is 1. The summed E-state index contributed by atoms with van der Waals surface area (Å²) >= 11 is 7.94. The van der Waals surface area contributed by atoms with Crippen LogP contribution in [0.2, 0.25) is 0 Å². The average molecular weight is 461 g/mol. The van der Waals surface area contributed by atoms with Gasteiger partial charge in [0.05, 0.1) is 12.4 Å². The second-order valence-electron chi connectivity index (χ2n) is 6.94. The molecule has 3 amide bonds. The Morgan fingerprint density at radius 1 is 1.03 bits per heavy atom. The van der Waals surface area contributed by atoms with Crippen LogP contribution >= 0.6 is 25.3 Å². The van der Waals surface area contributed by atoms with Crippen molar-refractivity contribution in [3.8, 4) is 0 Å². The van der Waals surface area contributed by atoms with Crippen molar-refractivity contribution in [2.45, 2.75) is 44.4 Å². The quantitative estimate of drug-likeness (QED) is 0.172. The molecule has 0 aromatic carbocycles. The number of nitrogens with zero attached hydrogens (tertiary/aromatic N) is 1. The number of imidazole rings is 1. The summed E-state index contributed by atoms with van der Waals surface area (Å²) < 4.78 is 0. The lowest BCUT2D eigenvalue weighted by Gasteiger charge is -2.24. The maximum atomic E-state index is 12.8. The van der Waals surface area contributed by atoms with E-state index in [1.807, 2.05) is 0 Å². The summed E-state index contributed by atoms with van der Waals surface area (Å²) in [6.45, 7) is 3.55. The highest BCUT2D eigenvalue weighted by atomic mass is 32.1. The molecule has 1 aromatic heterocycles. The Morgan fingerprint density at radius 2 is 1.57 bits per heavy atom. The molecule has 0 aliphatic rings. The summed E-state index contributed by atoms with van der Waals surface area (Å²) in [5.41, 5.74) is 6.44. The number of carboxylic acid groups (broad SMARTS) is 1. The van der Waals surface area contributed by atoms with Gasteiger partial charge in [-0.2, -0.15) is 25.3 Å². The predicted molar refractivity (Wildman–Crippen MR) is 116 cm³/mol. The van der Waals surface area contributed by atoms with Gasteiger partial charge >= 0.3 is 5.97 Å². The number of aromatic amines is 1. The van der Waals surface area contributed by atoms with Gasteiger partial charge in [0, 0.05) is 29.8 Å². The lowest BCUT2D eigenvalue weighted by molar-refractivity contribution is -0.141. The molecule has 0 aliphatic carbocycles. The molecule has 0 radical (unpaired) electrons. The van der Waals surface area contributed by atoms with Crippen LogP contribution < -0.4 is 21.7 Å². The minimum Gasteiger partial charge on any atom is -0.480 e. The largest absolute Gasteiger partial charge is 0.480 e. The monoisotopic (exact) mass is 460 g/mol. The number of hydrogen-bond donors (Lipinski definition) is 8. The third kappa shape index (κ3) is 7.88. The molecule has 0 saturated heterocycles. The summed E-state index contributed by atoms with van der Waals surface area (Å²) in [7, 11) is 0. The van der Waals surface area contributed by atoms with Gasteiger partial charge in [-0.25, -0.2) is 9.78 Å². The fourth-order valence-electron chi connectivity index (χ4n) is 2.32. The number of carbonyl (C=O) groups excluding carboxylic acids is 3. The zero-order valence-electron chi connectivity index (χ0n) is 16.7. The third-order valence-electron chi connectivity index (χ3n) is 4.25. The highest BCUT2D eigenvalue weighted by Crippen LogP contribution is 2.04. The van der Waals surface area contributed by atoms with Crippen LogP contribution in [0.25, 0.3) is 0 Å². The second kappa shape index (κ2) is 12.4.